The first-order chi connectivity index (χ1) is 18.4. The Balaban J connectivity index is 1.44. The number of halogens is 1. The van der Waals surface area contributed by atoms with Gasteiger partial charge in [0.15, 0.2) is 0 Å². The lowest BCUT2D eigenvalue weighted by atomic mass is 10.1. The fourth-order valence-corrected chi connectivity index (χ4v) is 5.65. The molecule has 0 unspecified atom stereocenters. The Labute approximate surface area is 231 Å². The van der Waals surface area contributed by atoms with E-state index in [9.17, 15) is 19.6 Å². The average molecular weight is 585 g/mol. The van der Waals surface area contributed by atoms with Gasteiger partial charge in [0.1, 0.15) is 6.54 Å². The molecule has 0 atom stereocenters. The molecule has 1 aliphatic heterocycles. The molecule has 38 heavy (non-hydrogen) atoms. The molecule has 0 aliphatic carbocycles. The molecule has 3 aromatic carbocycles. The van der Waals surface area contributed by atoms with Crippen molar-refractivity contribution in [2.45, 2.75) is 13.5 Å². The molecule has 1 aromatic heterocycles. The molecule has 5 rings (SSSR count). The van der Waals surface area contributed by atoms with E-state index < -0.39 is 17.1 Å². The van der Waals surface area contributed by atoms with E-state index in [1.54, 1.807) is 30.3 Å². The Morgan fingerprint density at radius 2 is 1.76 bits per heavy atom. The molecule has 0 saturated carbocycles. The first-order valence-corrected chi connectivity index (χ1v) is 13.3. The van der Waals surface area contributed by atoms with Crippen molar-refractivity contribution in [2.24, 2.45) is 0 Å². The molecule has 3 amide bonds. The van der Waals surface area contributed by atoms with Crippen molar-refractivity contribution >= 4 is 67.4 Å². The minimum absolute atomic E-state index is 0.257. The summed E-state index contributed by atoms with van der Waals surface area (Å²) in [6, 6.07) is 24.6. The predicted octanol–water partition coefficient (Wildman–Crippen LogP) is 6.31. The number of nitrogens with one attached hydrogen (secondary N) is 1. The summed E-state index contributed by atoms with van der Waals surface area (Å²) in [7, 11) is 0. The van der Waals surface area contributed by atoms with Crippen LogP contribution in [0.1, 0.15) is 22.4 Å². The lowest BCUT2D eigenvalue weighted by Crippen LogP contribution is -2.36. The summed E-state index contributed by atoms with van der Waals surface area (Å²) >= 11 is 4.19. The van der Waals surface area contributed by atoms with E-state index in [1.807, 2.05) is 55.5 Å². The first-order valence-electron chi connectivity index (χ1n) is 11.7. The van der Waals surface area contributed by atoms with Gasteiger partial charge in [0.2, 0.25) is 5.91 Å². The Hall–Kier alpha value is -4.13. The molecule has 0 spiro atoms. The number of fused-ring (bicyclic) bond motifs is 1. The standard InChI is InChI=1S/C29H21BrN4O3S/c1-18-22(21-10-4-7-13-25(21)33(18)16-20-9-3-2-8-19(20)15-31)14-26-28(36)34(29(37)38-26)17-27(35)32-24-12-6-5-11-23(24)30/h2-14H,16-17H2,1H3,(H,32,35)/b26-14-. The zero-order valence-electron chi connectivity index (χ0n) is 20.3. The molecule has 4 aromatic rings. The molecule has 188 valence electrons. The van der Waals surface area contributed by atoms with Crippen LogP contribution in [0.4, 0.5) is 10.5 Å². The molecule has 1 N–H and O–H groups in total. The van der Waals surface area contributed by atoms with Crippen LogP contribution in [0.25, 0.3) is 17.0 Å². The largest absolute Gasteiger partial charge is 0.340 e. The SMILES string of the molecule is Cc1c(/C=C2\SC(=O)N(CC(=O)Nc3ccccc3Br)C2=O)c2ccccc2n1Cc1ccccc1C#N. The van der Waals surface area contributed by atoms with Crippen LogP contribution in [0.2, 0.25) is 0 Å². The second kappa shape index (κ2) is 10.7. The Morgan fingerprint density at radius 3 is 2.55 bits per heavy atom. The zero-order chi connectivity index (χ0) is 26.8. The summed E-state index contributed by atoms with van der Waals surface area (Å²) < 4.78 is 2.80. The normalized spacial score (nSPS) is 14.3. The second-order valence-corrected chi connectivity index (χ2v) is 10.5. The van der Waals surface area contributed by atoms with Gasteiger partial charge in [-0.05, 0) is 70.5 Å². The maximum Gasteiger partial charge on any atom is 0.294 e. The molecule has 0 bridgehead atoms. The lowest BCUT2D eigenvalue weighted by molar-refractivity contribution is -0.127. The maximum absolute atomic E-state index is 13.2. The second-order valence-electron chi connectivity index (χ2n) is 8.67. The van der Waals surface area contributed by atoms with Gasteiger partial charge in [0.05, 0.1) is 22.2 Å². The summed E-state index contributed by atoms with van der Waals surface area (Å²) in [5.74, 6) is -0.974. The Kier molecular flexibility index (Phi) is 7.18. The van der Waals surface area contributed by atoms with Gasteiger partial charge >= 0.3 is 0 Å². The van der Waals surface area contributed by atoms with Crippen molar-refractivity contribution < 1.29 is 14.4 Å². The van der Waals surface area contributed by atoms with Crippen LogP contribution in [0.5, 0.6) is 0 Å². The van der Waals surface area contributed by atoms with Crippen LogP contribution in [0, 0.1) is 18.3 Å². The molecule has 1 aliphatic rings. The van der Waals surface area contributed by atoms with Gasteiger partial charge in [0, 0.05) is 33.2 Å². The predicted molar refractivity (Wildman–Crippen MR) is 152 cm³/mol. The maximum atomic E-state index is 13.2. The highest BCUT2D eigenvalue weighted by Gasteiger charge is 2.36. The smallest absolute Gasteiger partial charge is 0.294 e. The van der Waals surface area contributed by atoms with E-state index in [2.05, 4.69) is 31.9 Å². The third kappa shape index (κ3) is 4.88. The van der Waals surface area contributed by atoms with Crippen molar-refractivity contribution in [3.05, 3.63) is 105 Å². The van der Waals surface area contributed by atoms with E-state index in [0.717, 1.165) is 44.4 Å². The minimum Gasteiger partial charge on any atom is -0.340 e. The molecule has 0 radical (unpaired) electrons. The van der Waals surface area contributed by atoms with Crippen molar-refractivity contribution in [3.8, 4) is 6.07 Å². The van der Waals surface area contributed by atoms with Gasteiger partial charge in [-0.2, -0.15) is 5.26 Å². The summed E-state index contributed by atoms with van der Waals surface area (Å²) in [6.07, 6.45) is 1.72. The Morgan fingerprint density at radius 1 is 1.05 bits per heavy atom. The summed E-state index contributed by atoms with van der Waals surface area (Å²) in [5, 5.41) is 12.7. The molecule has 9 heteroatoms. The minimum atomic E-state index is -0.506. The van der Waals surface area contributed by atoms with E-state index >= 15 is 0 Å². The lowest BCUT2D eigenvalue weighted by Gasteiger charge is -2.13. The van der Waals surface area contributed by atoms with E-state index in [-0.39, 0.29) is 11.4 Å². The topological polar surface area (TPSA) is 95.2 Å². The highest BCUT2D eigenvalue weighted by molar-refractivity contribution is 9.10. The number of hydrogen-bond donors (Lipinski definition) is 1. The Bertz CT molecular complexity index is 1680. The van der Waals surface area contributed by atoms with Crippen LogP contribution in [-0.4, -0.2) is 33.1 Å². The number of nitriles is 1. The molecule has 1 saturated heterocycles. The van der Waals surface area contributed by atoms with Crippen LogP contribution >= 0.6 is 27.7 Å². The van der Waals surface area contributed by atoms with Crippen LogP contribution < -0.4 is 5.32 Å². The van der Waals surface area contributed by atoms with Gasteiger partial charge in [-0.25, -0.2) is 0 Å². The summed E-state index contributed by atoms with van der Waals surface area (Å²) in [6.45, 7) is 2.06. The number of benzene rings is 3. The van der Waals surface area contributed by atoms with Gasteiger partial charge in [0.25, 0.3) is 11.1 Å². The van der Waals surface area contributed by atoms with Gasteiger partial charge in [-0.15, -0.1) is 0 Å². The van der Waals surface area contributed by atoms with Crippen LogP contribution in [0.15, 0.2) is 82.2 Å². The van der Waals surface area contributed by atoms with E-state index in [1.165, 1.54) is 0 Å². The highest BCUT2D eigenvalue weighted by Crippen LogP contribution is 2.36. The monoisotopic (exact) mass is 584 g/mol. The number of hydrogen-bond acceptors (Lipinski definition) is 5. The van der Waals surface area contributed by atoms with Crippen molar-refractivity contribution in [1.29, 1.82) is 5.26 Å². The first kappa shape index (κ1) is 25.5. The van der Waals surface area contributed by atoms with Crippen LogP contribution in [-0.2, 0) is 16.1 Å². The fourth-order valence-electron chi connectivity index (χ4n) is 4.44. The van der Waals surface area contributed by atoms with Crippen LogP contribution in [0.3, 0.4) is 0 Å². The van der Waals surface area contributed by atoms with Gasteiger partial charge < -0.3 is 9.88 Å². The number of thioether (sulfide) groups is 1. The van der Waals surface area contributed by atoms with E-state index in [4.69, 9.17) is 0 Å². The molecule has 1 fully saturated rings. The van der Waals surface area contributed by atoms with Gasteiger partial charge in [-0.3, -0.25) is 19.3 Å². The van der Waals surface area contributed by atoms with Crippen molar-refractivity contribution in [3.63, 3.8) is 0 Å². The molecule has 2 heterocycles. The average Bonchev–Trinajstić information content (AvgIpc) is 3.33. The number of anilines is 1. The van der Waals surface area contributed by atoms with Gasteiger partial charge in [-0.1, -0.05) is 48.5 Å². The number of rotatable bonds is 6. The number of carbonyl (C=O) groups is 3. The zero-order valence-corrected chi connectivity index (χ0v) is 22.7. The number of para-hydroxylation sites is 2. The number of imide groups is 1. The molecular formula is C29H21BrN4O3S. The third-order valence-electron chi connectivity index (χ3n) is 6.34. The van der Waals surface area contributed by atoms with E-state index in [0.29, 0.717) is 22.3 Å². The molecular weight excluding hydrogens is 564 g/mol. The summed E-state index contributed by atoms with van der Waals surface area (Å²) in [5.41, 5.74) is 4.73. The van der Waals surface area contributed by atoms with Crippen molar-refractivity contribution in [2.75, 3.05) is 11.9 Å². The number of amides is 3. The number of nitrogens with zero attached hydrogens (tertiary/aromatic N) is 3. The quantitative estimate of drug-likeness (QED) is 0.268. The highest BCUT2D eigenvalue weighted by atomic mass is 79.9. The summed E-state index contributed by atoms with van der Waals surface area (Å²) in [4.78, 5) is 39.7. The number of carbonyl (C=O) groups excluding carboxylic acids is 3. The third-order valence-corrected chi connectivity index (χ3v) is 7.94. The fraction of sp³-hybridized carbons (Fsp3) is 0.103. The number of aromatic nitrogens is 1. The van der Waals surface area contributed by atoms with Crippen molar-refractivity contribution in [1.82, 2.24) is 9.47 Å². The molecule has 7 nitrogen and oxygen atoms in total.